The first-order valence-electron chi connectivity index (χ1n) is 7.74. The third-order valence-electron chi connectivity index (χ3n) is 3.57. The van der Waals surface area contributed by atoms with E-state index in [4.69, 9.17) is 9.84 Å². The number of carboxylic acids is 1. The fourth-order valence-electron chi connectivity index (χ4n) is 2.22. The van der Waals surface area contributed by atoms with Gasteiger partial charge in [-0.1, -0.05) is 31.9 Å². The molecular formula is C19H20O4. The van der Waals surface area contributed by atoms with Crippen molar-refractivity contribution in [2.75, 3.05) is 0 Å². The van der Waals surface area contributed by atoms with Crippen LogP contribution < -0.4 is 4.74 Å². The number of hydrogen-bond donors (Lipinski definition) is 1. The number of aryl methyl sites for hydroxylation is 1. The van der Waals surface area contributed by atoms with E-state index in [-0.39, 0.29) is 5.56 Å². The van der Waals surface area contributed by atoms with Gasteiger partial charge in [-0.15, -0.1) is 0 Å². The second-order valence-corrected chi connectivity index (χ2v) is 5.37. The second kappa shape index (κ2) is 8.13. The molecule has 0 aliphatic carbocycles. The van der Waals surface area contributed by atoms with Crippen LogP contribution in [-0.2, 0) is 6.42 Å². The van der Waals surface area contributed by atoms with Gasteiger partial charge in [0.2, 0.25) is 0 Å². The van der Waals surface area contributed by atoms with Crippen molar-refractivity contribution in [3.05, 3.63) is 65.2 Å². The normalized spacial score (nSPS) is 10.3. The predicted molar refractivity (Wildman–Crippen MR) is 88.0 cm³/mol. The SMILES string of the molecule is CCCCCc1ccc(C(=O)Oc2ccc(C(=O)O)cc2)cc1. The molecule has 0 atom stereocenters. The second-order valence-electron chi connectivity index (χ2n) is 5.37. The van der Waals surface area contributed by atoms with E-state index >= 15 is 0 Å². The summed E-state index contributed by atoms with van der Waals surface area (Å²) in [5.74, 6) is -1.14. The van der Waals surface area contributed by atoms with E-state index < -0.39 is 11.9 Å². The summed E-state index contributed by atoms with van der Waals surface area (Å²) in [7, 11) is 0. The summed E-state index contributed by atoms with van der Waals surface area (Å²) in [5, 5.41) is 8.83. The van der Waals surface area contributed by atoms with Crippen molar-refractivity contribution < 1.29 is 19.4 Å². The summed E-state index contributed by atoms with van der Waals surface area (Å²) in [4.78, 5) is 22.8. The van der Waals surface area contributed by atoms with Crippen LogP contribution in [0.15, 0.2) is 48.5 Å². The summed E-state index contributed by atoms with van der Waals surface area (Å²) in [6, 6.07) is 13.2. The number of unbranched alkanes of at least 4 members (excludes halogenated alkanes) is 2. The van der Waals surface area contributed by atoms with Crippen LogP contribution in [-0.4, -0.2) is 17.0 Å². The third-order valence-corrected chi connectivity index (χ3v) is 3.57. The summed E-state index contributed by atoms with van der Waals surface area (Å²) in [5.41, 5.74) is 1.84. The zero-order valence-corrected chi connectivity index (χ0v) is 13.1. The number of hydrogen-bond acceptors (Lipinski definition) is 3. The van der Waals surface area contributed by atoms with Gasteiger partial charge in [0.1, 0.15) is 5.75 Å². The Morgan fingerprint density at radius 2 is 1.52 bits per heavy atom. The fourth-order valence-corrected chi connectivity index (χ4v) is 2.22. The van der Waals surface area contributed by atoms with E-state index in [1.54, 1.807) is 12.1 Å². The summed E-state index contributed by atoms with van der Waals surface area (Å²) in [6.45, 7) is 2.17. The number of aromatic carboxylic acids is 1. The van der Waals surface area contributed by atoms with Crippen molar-refractivity contribution >= 4 is 11.9 Å². The van der Waals surface area contributed by atoms with Crippen molar-refractivity contribution in [2.24, 2.45) is 0 Å². The molecule has 2 aromatic carbocycles. The molecule has 0 bridgehead atoms. The number of carbonyl (C=O) groups is 2. The minimum Gasteiger partial charge on any atom is -0.478 e. The van der Waals surface area contributed by atoms with Crippen LogP contribution in [0.3, 0.4) is 0 Å². The first-order chi connectivity index (χ1) is 11.1. The number of rotatable bonds is 7. The molecule has 0 saturated heterocycles. The number of carbonyl (C=O) groups excluding carboxylic acids is 1. The fraction of sp³-hybridized carbons (Fsp3) is 0.263. The van der Waals surface area contributed by atoms with E-state index in [1.165, 1.54) is 42.7 Å². The number of ether oxygens (including phenoxy) is 1. The standard InChI is InChI=1S/C19H20O4/c1-2-3-4-5-14-6-8-16(9-7-14)19(22)23-17-12-10-15(11-13-17)18(20)21/h6-13H,2-5H2,1H3,(H,20,21). The zero-order valence-electron chi connectivity index (χ0n) is 13.1. The van der Waals surface area contributed by atoms with Crippen LogP contribution in [0, 0.1) is 0 Å². The van der Waals surface area contributed by atoms with Crippen LogP contribution in [0.25, 0.3) is 0 Å². The van der Waals surface area contributed by atoms with Crippen LogP contribution in [0.2, 0.25) is 0 Å². The maximum atomic E-state index is 12.1. The highest BCUT2D eigenvalue weighted by atomic mass is 16.5. The van der Waals surface area contributed by atoms with Gasteiger partial charge in [-0.25, -0.2) is 9.59 Å². The molecule has 0 amide bonds. The molecule has 23 heavy (non-hydrogen) atoms. The summed E-state index contributed by atoms with van der Waals surface area (Å²) < 4.78 is 5.24. The molecule has 4 nitrogen and oxygen atoms in total. The van der Waals surface area contributed by atoms with E-state index in [0.717, 1.165) is 12.8 Å². The van der Waals surface area contributed by atoms with Gasteiger partial charge in [0.25, 0.3) is 0 Å². The molecule has 2 aromatic rings. The van der Waals surface area contributed by atoms with Crippen LogP contribution in [0.5, 0.6) is 5.75 Å². The largest absolute Gasteiger partial charge is 0.478 e. The lowest BCUT2D eigenvalue weighted by Crippen LogP contribution is -2.08. The van der Waals surface area contributed by atoms with Gasteiger partial charge in [0, 0.05) is 0 Å². The molecule has 0 fully saturated rings. The zero-order chi connectivity index (χ0) is 16.7. The van der Waals surface area contributed by atoms with Gasteiger partial charge >= 0.3 is 11.9 Å². The monoisotopic (exact) mass is 312 g/mol. The molecule has 0 aliphatic rings. The number of esters is 1. The van der Waals surface area contributed by atoms with Gasteiger partial charge < -0.3 is 9.84 Å². The lowest BCUT2D eigenvalue weighted by molar-refractivity contribution is 0.0696. The average molecular weight is 312 g/mol. The highest BCUT2D eigenvalue weighted by Gasteiger charge is 2.09. The molecule has 120 valence electrons. The average Bonchev–Trinajstić information content (AvgIpc) is 2.56. The van der Waals surface area contributed by atoms with Gasteiger partial charge in [-0.05, 0) is 54.8 Å². The lowest BCUT2D eigenvalue weighted by Gasteiger charge is -2.06. The highest BCUT2D eigenvalue weighted by Crippen LogP contribution is 2.15. The molecule has 0 radical (unpaired) electrons. The van der Waals surface area contributed by atoms with Crippen molar-refractivity contribution in [3.8, 4) is 5.75 Å². The molecule has 0 aliphatic heterocycles. The third kappa shape index (κ3) is 4.95. The molecular weight excluding hydrogens is 292 g/mol. The van der Waals surface area contributed by atoms with Gasteiger partial charge in [-0.2, -0.15) is 0 Å². The molecule has 4 heteroatoms. The van der Waals surface area contributed by atoms with Crippen molar-refractivity contribution in [1.82, 2.24) is 0 Å². The van der Waals surface area contributed by atoms with E-state index in [0.29, 0.717) is 11.3 Å². The molecule has 0 saturated carbocycles. The Labute approximate surface area is 135 Å². The molecule has 1 N–H and O–H groups in total. The van der Waals surface area contributed by atoms with Crippen molar-refractivity contribution in [2.45, 2.75) is 32.6 Å². The minimum atomic E-state index is -1.01. The Kier molecular flexibility index (Phi) is 5.92. The lowest BCUT2D eigenvalue weighted by atomic mass is 10.1. The maximum Gasteiger partial charge on any atom is 0.343 e. The van der Waals surface area contributed by atoms with E-state index in [2.05, 4.69) is 6.92 Å². The van der Waals surface area contributed by atoms with Gasteiger partial charge in [0.15, 0.2) is 0 Å². The van der Waals surface area contributed by atoms with Crippen LogP contribution >= 0.6 is 0 Å². The quantitative estimate of drug-likeness (QED) is 0.469. The Bertz CT molecular complexity index is 657. The van der Waals surface area contributed by atoms with E-state index in [1.807, 2.05) is 12.1 Å². The molecule has 0 heterocycles. The molecule has 0 spiro atoms. The molecule has 2 rings (SSSR count). The van der Waals surface area contributed by atoms with Crippen molar-refractivity contribution in [3.63, 3.8) is 0 Å². The minimum absolute atomic E-state index is 0.154. The Morgan fingerprint density at radius 1 is 0.913 bits per heavy atom. The predicted octanol–water partition coefficient (Wildman–Crippen LogP) is 4.34. The Morgan fingerprint density at radius 3 is 2.09 bits per heavy atom. The van der Waals surface area contributed by atoms with E-state index in [9.17, 15) is 9.59 Å². The van der Waals surface area contributed by atoms with Crippen LogP contribution in [0.4, 0.5) is 0 Å². The van der Waals surface area contributed by atoms with Gasteiger partial charge in [0.05, 0.1) is 11.1 Å². The topological polar surface area (TPSA) is 63.6 Å². The maximum absolute atomic E-state index is 12.1. The number of carboxylic acid groups (broad SMARTS) is 1. The smallest absolute Gasteiger partial charge is 0.343 e. The first kappa shape index (κ1) is 16.7. The first-order valence-corrected chi connectivity index (χ1v) is 7.74. The van der Waals surface area contributed by atoms with Crippen LogP contribution in [0.1, 0.15) is 52.5 Å². The highest BCUT2D eigenvalue weighted by molar-refractivity contribution is 5.91. The Hall–Kier alpha value is -2.62. The Balaban J connectivity index is 1.96. The number of benzene rings is 2. The molecule has 0 aromatic heterocycles. The van der Waals surface area contributed by atoms with Gasteiger partial charge in [-0.3, -0.25) is 0 Å². The molecule has 0 unspecified atom stereocenters. The van der Waals surface area contributed by atoms with Crippen molar-refractivity contribution in [1.29, 1.82) is 0 Å². The summed E-state index contributed by atoms with van der Waals surface area (Å²) in [6.07, 6.45) is 4.55. The summed E-state index contributed by atoms with van der Waals surface area (Å²) >= 11 is 0.